The number of rotatable bonds is 3. The monoisotopic (exact) mass is 208 g/mol. The molecule has 0 aliphatic rings. The van der Waals surface area contributed by atoms with Gasteiger partial charge in [-0.05, 0) is 19.1 Å². The van der Waals surface area contributed by atoms with Gasteiger partial charge in [-0.15, -0.1) is 0 Å². The molecule has 1 aromatic rings. The van der Waals surface area contributed by atoms with Gasteiger partial charge >= 0.3 is 6.03 Å². The third-order valence-corrected chi connectivity index (χ3v) is 2.24. The van der Waals surface area contributed by atoms with Crippen molar-refractivity contribution in [3.8, 4) is 0 Å². The molecular formula is C10H16N4O. The first kappa shape index (κ1) is 11.5. The minimum absolute atomic E-state index is 0.0154. The number of anilines is 1. The molecule has 1 unspecified atom stereocenters. The van der Waals surface area contributed by atoms with E-state index in [4.69, 9.17) is 5.73 Å². The molecule has 0 aromatic carbocycles. The van der Waals surface area contributed by atoms with Gasteiger partial charge in [0.25, 0.3) is 0 Å². The standard InChI is InChI=1S/C10H16N4O/c1-8(6-11)14(2)10(15)13-9-4-3-5-12-7-9/h3-5,7-8H,6,11H2,1-2H3,(H,13,15). The first-order chi connectivity index (χ1) is 7.15. The molecule has 5 nitrogen and oxygen atoms in total. The first-order valence-electron chi connectivity index (χ1n) is 4.79. The summed E-state index contributed by atoms with van der Waals surface area (Å²) < 4.78 is 0. The van der Waals surface area contributed by atoms with Gasteiger partial charge in [0.1, 0.15) is 0 Å². The van der Waals surface area contributed by atoms with E-state index in [0.717, 1.165) is 0 Å². The Kier molecular flexibility index (Phi) is 4.05. The highest BCUT2D eigenvalue weighted by molar-refractivity contribution is 5.89. The predicted octanol–water partition coefficient (Wildman–Crippen LogP) is 0.893. The molecule has 82 valence electrons. The van der Waals surface area contributed by atoms with Crippen LogP contribution in [0.2, 0.25) is 0 Å². The lowest BCUT2D eigenvalue weighted by molar-refractivity contribution is 0.209. The number of hydrogen-bond acceptors (Lipinski definition) is 3. The summed E-state index contributed by atoms with van der Waals surface area (Å²) in [7, 11) is 1.71. The fraction of sp³-hybridized carbons (Fsp3) is 0.400. The van der Waals surface area contributed by atoms with Crippen LogP contribution >= 0.6 is 0 Å². The van der Waals surface area contributed by atoms with Gasteiger partial charge < -0.3 is 16.0 Å². The Bertz CT molecular complexity index is 314. The van der Waals surface area contributed by atoms with Crippen molar-refractivity contribution in [2.45, 2.75) is 13.0 Å². The Morgan fingerprint density at radius 1 is 1.73 bits per heavy atom. The second-order valence-electron chi connectivity index (χ2n) is 3.37. The van der Waals surface area contributed by atoms with Crippen LogP contribution < -0.4 is 11.1 Å². The molecule has 0 radical (unpaired) electrons. The number of pyridine rings is 1. The molecule has 1 rings (SSSR count). The Hall–Kier alpha value is -1.62. The molecule has 0 bridgehead atoms. The number of nitrogens with zero attached hydrogens (tertiary/aromatic N) is 2. The molecule has 0 fully saturated rings. The maximum atomic E-state index is 11.6. The Balaban J connectivity index is 2.56. The fourth-order valence-electron chi connectivity index (χ4n) is 1.01. The normalized spacial score (nSPS) is 11.9. The predicted molar refractivity (Wildman–Crippen MR) is 59.5 cm³/mol. The topological polar surface area (TPSA) is 71.2 Å². The first-order valence-corrected chi connectivity index (χ1v) is 4.79. The van der Waals surface area contributed by atoms with Crippen LogP contribution in [0, 0.1) is 0 Å². The second kappa shape index (κ2) is 5.31. The summed E-state index contributed by atoms with van der Waals surface area (Å²) in [6.07, 6.45) is 3.25. The molecule has 1 aromatic heterocycles. The van der Waals surface area contributed by atoms with Crippen molar-refractivity contribution in [1.29, 1.82) is 0 Å². The van der Waals surface area contributed by atoms with E-state index in [2.05, 4.69) is 10.3 Å². The molecule has 0 saturated heterocycles. The number of carbonyl (C=O) groups is 1. The highest BCUT2D eigenvalue weighted by Crippen LogP contribution is 2.05. The minimum atomic E-state index is -0.180. The zero-order valence-corrected chi connectivity index (χ0v) is 8.97. The average Bonchev–Trinajstić information content (AvgIpc) is 2.28. The van der Waals surface area contributed by atoms with Crippen molar-refractivity contribution in [1.82, 2.24) is 9.88 Å². The van der Waals surface area contributed by atoms with Crippen molar-refractivity contribution in [2.75, 3.05) is 18.9 Å². The molecule has 2 amide bonds. The smallest absolute Gasteiger partial charge is 0.321 e. The van der Waals surface area contributed by atoms with Gasteiger partial charge in [0.05, 0.1) is 11.9 Å². The lowest BCUT2D eigenvalue weighted by Crippen LogP contribution is -2.42. The summed E-state index contributed by atoms with van der Waals surface area (Å²) in [5.41, 5.74) is 6.15. The van der Waals surface area contributed by atoms with Crippen LogP contribution in [0.25, 0.3) is 0 Å². The molecule has 1 atom stereocenters. The van der Waals surface area contributed by atoms with E-state index in [9.17, 15) is 4.79 Å². The number of nitrogens with one attached hydrogen (secondary N) is 1. The number of likely N-dealkylation sites (N-methyl/N-ethyl adjacent to an activating group) is 1. The lowest BCUT2D eigenvalue weighted by atomic mass is 10.3. The van der Waals surface area contributed by atoms with Gasteiger partial charge in [-0.1, -0.05) is 0 Å². The largest absolute Gasteiger partial charge is 0.328 e. The summed E-state index contributed by atoms with van der Waals surface area (Å²) in [5, 5.41) is 2.73. The molecule has 0 spiro atoms. The number of carbonyl (C=O) groups excluding carboxylic acids is 1. The number of urea groups is 1. The van der Waals surface area contributed by atoms with Crippen LogP contribution in [0.5, 0.6) is 0 Å². The molecule has 1 heterocycles. The molecule has 0 saturated carbocycles. The summed E-state index contributed by atoms with van der Waals surface area (Å²) in [6.45, 7) is 2.33. The van der Waals surface area contributed by atoms with Crippen LogP contribution in [-0.4, -0.2) is 35.5 Å². The van der Waals surface area contributed by atoms with Gasteiger partial charge in [-0.3, -0.25) is 4.98 Å². The quantitative estimate of drug-likeness (QED) is 0.775. The van der Waals surface area contributed by atoms with Crippen molar-refractivity contribution in [2.24, 2.45) is 5.73 Å². The van der Waals surface area contributed by atoms with Crippen LogP contribution in [0.3, 0.4) is 0 Å². The maximum Gasteiger partial charge on any atom is 0.321 e. The summed E-state index contributed by atoms with van der Waals surface area (Å²) >= 11 is 0. The Labute approximate surface area is 89.3 Å². The van der Waals surface area contributed by atoms with Gasteiger partial charge in [0, 0.05) is 25.8 Å². The molecule has 0 aliphatic heterocycles. The molecule has 0 aliphatic carbocycles. The lowest BCUT2D eigenvalue weighted by Gasteiger charge is -2.23. The molecule has 3 N–H and O–H groups in total. The highest BCUT2D eigenvalue weighted by Gasteiger charge is 2.13. The third kappa shape index (κ3) is 3.21. The maximum absolute atomic E-state index is 11.6. The van der Waals surface area contributed by atoms with Crippen LogP contribution in [-0.2, 0) is 0 Å². The Morgan fingerprint density at radius 2 is 2.47 bits per heavy atom. The van der Waals surface area contributed by atoms with Crippen LogP contribution in [0.15, 0.2) is 24.5 Å². The SMILES string of the molecule is CC(CN)N(C)C(=O)Nc1cccnc1. The van der Waals surface area contributed by atoms with Gasteiger partial charge in [-0.2, -0.15) is 0 Å². The Morgan fingerprint density at radius 3 is 3.00 bits per heavy atom. The van der Waals surface area contributed by atoms with E-state index in [-0.39, 0.29) is 12.1 Å². The second-order valence-corrected chi connectivity index (χ2v) is 3.37. The van der Waals surface area contributed by atoms with Gasteiger partial charge in [0.15, 0.2) is 0 Å². The number of amides is 2. The average molecular weight is 208 g/mol. The zero-order valence-electron chi connectivity index (χ0n) is 8.97. The number of aromatic nitrogens is 1. The summed E-state index contributed by atoms with van der Waals surface area (Å²) in [4.78, 5) is 17.1. The fourth-order valence-corrected chi connectivity index (χ4v) is 1.01. The highest BCUT2D eigenvalue weighted by atomic mass is 16.2. The van der Waals surface area contributed by atoms with Crippen LogP contribution in [0.4, 0.5) is 10.5 Å². The van der Waals surface area contributed by atoms with E-state index in [1.165, 1.54) is 0 Å². The summed E-state index contributed by atoms with van der Waals surface area (Å²) in [6, 6.07) is 3.39. The minimum Gasteiger partial charge on any atom is -0.328 e. The van der Waals surface area contributed by atoms with Crippen molar-refractivity contribution >= 4 is 11.7 Å². The number of nitrogens with two attached hydrogens (primary N) is 1. The summed E-state index contributed by atoms with van der Waals surface area (Å²) in [5.74, 6) is 0. The third-order valence-electron chi connectivity index (χ3n) is 2.24. The molecular weight excluding hydrogens is 192 g/mol. The van der Waals surface area contributed by atoms with Crippen molar-refractivity contribution in [3.05, 3.63) is 24.5 Å². The van der Waals surface area contributed by atoms with E-state index in [1.807, 2.05) is 6.92 Å². The van der Waals surface area contributed by atoms with E-state index in [1.54, 1.807) is 36.5 Å². The van der Waals surface area contributed by atoms with Crippen molar-refractivity contribution in [3.63, 3.8) is 0 Å². The zero-order chi connectivity index (χ0) is 11.3. The van der Waals surface area contributed by atoms with E-state index < -0.39 is 0 Å². The van der Waals surface area contributed by atoms with E-state index in [0.29, 0.717) is 12.2 Å². The molecule has 15 heavy (non-hydrogen) atoms. The molecule has 5 heteroatoms. The van der Waals surface area contributed by atoms with Crippen LogP contribution in [0.1, 0.15) is 6.92 Å². The number of hydrogen-bond donors (Lipinski definition) is 2. The van der Waals surface area contributed by atoms with Gasteiger partial charge in [0.2, 0.25) is 0 Å². The van der Waals surface area contributed by atoms with Crippen molar-refractivity contribution < 1.29 is 4.79 Å². The van der Waals surface area contributed by atoms with E-state index >= 15 is 0 Å². The van der Waals surface area contributed by atoms with Gasteiger partial charge in [-0.25, -0.2) is 4.79 Å².